The molecule has 0 saturated carbocycles. The van der Waals surface area contributed by atoms with E-state index in [1.54, 1.807) is 0 Å². The summed E-state index contributed by atoms with van der Waals surface area (Å²) in [5.41, 5.74) is 0. The van der Waals surface area contributed by atoms with Gasteiger partial charge in [0.05, 0.1) is 11.9 Å². The second-order valence-corrected chi connectivity index (χ2v) is 2.79. The molecule has 2 radical (unpaired) electrons. The van der Waals surface area contributed by atoms with Gasteiger partial charge >= 0.3 is 46.7 Å². The molecule has 0 amide bonds. The fraction of sp³-hybridized carbons (Fsp3) is 1.00. The summed E-state index contributed by atoms with van der Waals surface area (Å²) in [6.45, 7) is 2.23. The van der Waals surface area contributed by atoms with Crippen LogP contribution in [0.15, 0.2) is 0 Å². The standard InChI is InChI=1S/C4H9.ClHO.Sn.H/c1-3-4-2;1-2;;/h1,3-4H2,2H3;2H;;. The van der Waals surface area contributed by atoms with Crippen molar-refractivity contribution < 1.29 is 4.66 Å². The second-order valence-electron chi connectivity index (χ2n) is 1.14. The van der Waals surface area contributed by atoms with E-state index in [0.717, 1.165) is 0 Å². The molecule has 0 aromatic heterocycles. The first-order valence-electron chi connectivity index (χ1n) is 2.28. The van der Waals surface area contributed by atoms with Crippen molar-refractivity contribution >= 4 is 34.4 Å². The molecular formula is C4H11ClOSn. The molecule has 0 aromatic rings. The first kappa shape index (κ1) is 10.9. The minimum absolute atomic E-state index is 1.38. The topological polar surface area (TPSA) is 20.2 Å². The average Bonchev–Trinajstić information content (AvgIpc) is 1.75. The van der Waals surface area contributed by atoms with Gasteiger partial charge in [0.2, 0.25) is 0 Å². The first-order chi connectivity index (χ1) is 3.41. The van der Waals surface area contributed by atoms with Crippen molar-refractivity contribution in [2.45, 2.75) is 24.2 Å². The zero-order valence-electron chi connectivity index (χ0n) is 4.52. The third kappa shape index (κ3) is 19.3. The molecule has 0 rings (SSSR count). The Balaban J connectivity index is 0. The summed E-state index contributed by atoms with van der Waals surface area (Å²) in [4.78, 5) is 0. The maximum absolute atomic E-state index is 6.47. The minimum atomic E-state index is 1.38. The van der Waals surface area contributed by atoms with Gasteiger partial charge in [-0.05, 0) is 0 Å². The van der Waals surface area contributed by atoms with Crippen LogP contribution in [0.2, 0.25) is 4.44 Å². The van der Waals surface area contributed by atoms with Crippen LogP contribution < -0.4 is 0 Å². The van der Waals surface area contributed by atoms with E-state index in [-0.39, 0.29) is 0 Å². The summed E-state index contributed by atoms with van der Waals surface area (Å²) < 4.78 is 7.95. The summed E-state index contributed by atoms with van der Waals surface area (Å²) in [6.07, 6.45) is 2.82. The average molecular weight is 229 g/mol. The van der Waals surface area contributed by atoms with Gasteiger partial charge in [0.25, 0.3) is 0 Å². The third-order valence-corrected chi connectivity index (χ3v) is 1.72. The SMILES string of the molecule is CCC[CH2][SnH].OCl. The fourth-order valence-electron chi connectivity index (χ4n) is 0.204. The van der Waals surface area contributed by atoms with Gasteiger partial charge in [-0.25, -0.2) is 0 Å². The number of hydrogen-bond donors (Lipinski definition) is 1. The van der Waals surface area contributed by atoms with Gasteiger partial charge in [0, 0.05) is 0 Å². The summed E-state index contributed by atoms with van der Waals surface area (Å²) in [7, 11) is 0. The van der Waals surface area contributed by atoms with Gasteiger partial charge in [-0.1, -0.05) is 0 Å². The van der Waals surface area contributed by atoms with Gasteiger partial charge < -0.3 is 0 Å². The molecule has 3 heteroatoms. The first-order valence-corrected chi connectivity index (χ1v) is 4.95. The molecule has 0 unspecified atom stereocenters. The van der Waals surface area contributed by atoms with E-state index in [9.17, 15) is 0 Å². The molecule has 0 aliphatic heterocycles. The van der Waals surface area contributed by atoms with Gasteiger partial charge in [0.1, 0.15) is 0 Å². The Labute approximate surface area is 63.3 Å². The Morgan fingerprint density at radius 2 is 2.00 bits per heavy atom. The molecular weight excluding hydrogens is 218 g/mol. The van der Waals surface area contributed by atoms with Crippen LogP contribution in [0.5, 0.6) is 0 Å². The van der Waals surface area contributed by atoms with E-state index in [1.165, 1.54) is 39.8 Å². The van der Waals surface area contributed by atoms with Crippen LogP contribution in [-0.4, -0.2) is 27.2 Å². The van der Waals surface area contributed by atoms with E-state index in [1.807, 2.05) is 0 Å². The predicted molar refractivity (Wildman–Crippen MR) is 34.9 cm³/mol. The molecule has 0 aliphatic rings. The van der Waals surface area contributed by atoms with Crippen molar-refractivity contribution in [1.29, 1.82) is 0 Å². The number of hydrogen-bond acceptors (Lipinski definition) is 1. The van der Waals surface area contributed by atoms with E-state index < -0.39 is 0 Å². The van der Waals surface area contributed by atoms with E-state index in [4.69, 9.17) is 4.66 Å². The van der Waals surface area contributed by atoms with Crippen LogP contribution >= 0.6 is 11.9 Å². The van der Waals surface area contributed by atoms with Crippen LogP contribution in [-0.2, 0) is 0 Å². The Morgan fingerprint density at radius 3 is 2.00 bits per heavy atom. The maximum atomic E-state index is 6.47. The number of unbranched alkanes of at least 4 members (excludes halogenated alkanes) is 1. The normalized spacial score (nSPS) is 6.86. The third-order valence-electron chi connectivity index (χ3n) is 0.558. The van der Waals surface area contributed by atoms with Crippen LogP contribution in [0.4, 0.5) is 0 Å². The molecule has 1 N–H and O–H groups in total. The molecule has 0 heterocycles. The van der Waals surface area contributed by atoms with E-state index in [2.05, 4.69) is 18.8 Å². The van der Waals surface area contributed by atoms with Crippen molar-refractivity contribution in [1.82, 2.24) is 0 Å². The van der Waals surface area contributed by atoms with Gasteiger partial charge in [-0.3, -0.25) is 4.66 Å². The Bertz CT molecular complexity index is 19.2. The monoisotopic (exact) mass is 230 g/mol. The molecule has 1 nitrogen and oxygen atoms in total. The second kappa shape index (κ2) is 15.7. The van der Waals surface area contributed by atoms with E-state index >= 15 is 0 Å². The largest absolute Gasteiger partial charge is 0.295 e. The fourth-order valence-corrected chi connectivity index (χ4v) is 1.37. The number of rotatable bonds is 2. The van der Waals surface area contributed by atoms with Crippen molar-refractivity contribution in [3.05, 3.63) is 0 Å². The van der Waals surface area contributed by atoms with Crippen molar-refractivity contribution in [3.8, 4) is 0 Å². The molecule has 0 bridgehead atoms. The van der Waals surface area contributed by atoms with Crippen molar-refractivity contribution in [2.75, 3.05) is 0 Å². The molecule has 0 fully saturated rings. The molecule has 0 saturated heterocycles. The zero-order chi connectivity index (χ0) is 6.12. The number of halogens is 1. The summed E-state index contributed by atoms with van der Waals surface area (Å²) in [5, 5.41) is 0. The molecule has 0 atom stereocenters. The Morgan fingerprint density at radius 1 is 1.57 bits per heavy atom. The Kier molecular flexibility index (Phi) is 24.6. The van der Waals surface area contributed by atoms with Gasteiger partial charge in [-0.2, -0.15) is 0 Å². The van der Waals surface area contributed by atoms with Crippen LogP contribution in [0.1, 0.15) is 19.8 Å². The van der Waals surface area contributed by atoms with E-state index in [0.29, 0.717) is 0 Å². The van der Waals surface area contributed by atoms with Crippen molar-refractivity contribution in [3.63, 3.8) is 0 Å². The maximum Gasteiger partial charge on any atom is 0.0579 e. The molecule has 0 aliphatic carbocycles. The van der Waals surface area contributed by atoms with Crippen LogP contribution in [0.25, 0.3) is 0 Å². The van der Waals surface area contributed by atoms with Crippen molar-refractivity contribution in [2.24, 2.45) is 0 Å². The Hall–Kier alpha value is 1.05. The molecule has 44 valence electrons. The van der Waals surface area contributed by atoms with Gasteiger partial charge in [-0.15, -0.1) is 0 Å². The van der Waals surface area contributed by atoms with Crippen LogP contribution in [0.3, 0.4) is 0 Å². The summed E-state index contributed by atoms with van der Waals surface area (Å²) >= 11 is 5.09. The molecule has 0 spiro atoms. The summed E-state index contributed by atoms with van der Waals surface area (Å²) in [5.74, 6) is 0. The predicted octanol–water partition coefficient (Wildman–Crippen LogP) is 1.24. The zero-order valence-corrected chi connectivity index (χ0v) is 8.58. The molecule has 0 aromatic carbocycles. The summed E-state index contributed by atoms with van der Waals surface area (Å²) in [6, 6.07) is 0. The van der Waals surface area contributed by atoms with Gasteiger partial charge in [0.15, 0.2) is 0 Å². The smallest absolute Gasteiger partial charge is 0.0579 e. The minimum Gasteiger partial charge on any atom is -0.295 e. The van der Waals surface area contributed by atoms with Crippen LogP contribution in [0, 0.1) is 0 Å². The molecule has 7 heavy (non-hydrogen) atoms. The quantitative estimate of drug-likeness (QED) is 0.706.